The summed E-state index contributed by atoms with van der Waals surface area (Å²) in [6, 6.07) is 13.8. The molecule has 0 unspecified atom stereocenters. The van der Waals surface area contributed by atoms with Crippen LogP contribution in [0.5, 0.6) is 0 Å². The van der Waals surface area contributed by atoms with Gasteiger partial charge in [0.25, 0.3) is 11.8 Å². The smallest absolute Gasteiger partial charge is 0.290 e. The number of carbonyl (C=O) groups excluding carboxylic acids is 2. The lowest BCUT2D eigenvalue weighted by Gasteiger charge is -2.46. The predicted molar refractivity (Wildman–Crippen MR) is 147 cm³/mol. The van der Waals surface area contributed by atoms with Gasteiger partial charge in [-0.2, -0.15) is 5.10 Å². The molecule has 2 amide bonds. The van der Waals surface area contributed by atoms with Crippen LogP contribution < -0.4 is 0 Å². The number of aryl methyl sites for hydroxylation is 2. The molecule has 0 saturated carbocycles. The minimum Gasteiger partial charge on any atom is -0.449 e. The van der Waals surface area contributed by atoms with Gasteiger partial charge < -0.3 is 14.2 Å². The molecule has 0 aliphatic carbocycles. The predicted octanol–water partition coefficient (Wildman–Crippen LogP) is 5.51. The van der Waals surface area contributed by atoms with E-state index in [1.54, 1.807) is 21.9 Å². The number of nitrogens with one attached hydrogen (secondary N) is 1. The summed E-state index contributed by atoms with van der Waals surface area (Å²) < 4.78 is 6.24. The zero-order valence-electron chi connectivity index (χ0n) is 23.2. The highest BCUT2D eigenvalue weighted by Gasteiger charge is 2.40. The summed E-state index contributed by atoms with van der Waals surface area (Å²) in [7, 11) is 0. The molecule has 38 heavy (non-hydrogen) atoms. The molecule has 4 heterocycles. The van der Waals surface area contributed by atoms with Crippen LogP contribution in [0.4, 0.5) is 0 Å². The highest BCUT2D eigenvalue weighted by atomic mass is 16.3. The van der Waals surface area contributed by atoms with E-state index in [-0.39, 0.29) is 23.0 Å². The van der Waals surface area contributed by atoms with E-state index in [1.165, 1.54) is 5.56 Å². The van der Waals surface area contributed by atoms with Crippen molar-refractivity contribution in [2.75, 3.05) is 19.6 Å². The van der Waals surface area contributed by atoms with Crippen molar-refractivity contribution in [2.24, 2.45) is 0 Å². The summed E-state index contributed by atoms with van der Waals surface area (Å²) in [6.45, 7) is 15.5. The van der Waals surface area contributed by atoms with Crippen molar-refractivity contribution in [3.8, 4) is 11.3 Å². The summed E-state index contributed by atoms with van der Waals surface area (Å²) in [5.41, 5.74) is 5.78. The molecule has 0 radical (unpaired) electrons. The summed E-state index contributed by atoms with van der Waals surface area (Å²) in [5.74, 6) is -0.0532. The van der Waals surface area contributed by atoms with Gasteiger partial charge in [-0.1, -0.05) is 50.6 Å². The van der Waals surface area contributed by atoms with Crippen LogP contribution >= 0.6 is 0 Å². The number of rotatable bonds is 3. The number of furan rings is 1. The fourth-order valence-electron chi connectivity index (χ4n) is 5.10. The average Bonchev–Trinajstić information content (AvgIpc) is 3.48. The molecule has 0 atom stereocenters. The molecule has 3 aromatic heterocycles. The lowest BCUT2D eigenvalue weighted by Crippen LogP contribution is -2.62. The monoisotopic (exact) mass is 513 g/mol. The minimum atomic E-state index is -0.591. The Morgan fingerprint density at radius 1 is 1.00 bits per heavy atom. The number of H-pyrrole nitrogens is 1. The van der Waals surface area contributed by atoms with Crippen molar-refractivity contribution in [3.63, 3.8) is 0 Å². The van der Waals surface area contributed by atoms with E-state index >= 15 is 0 Å². The van der Waals surface area contributed by atoms with E-state index in [0.29, 0.717) is 36.4 Å². The van der Waals surface area contributed by atoms with E-state index in [4.69, 9.17) is 9.40 Å². The quantitative estimate of drug-likeness (QED) is 0.390. The standard InChI is InChI=1S/C30H35N5O3/c1-18-8-10-20(11-9-18)22-15-21(29(3,4)5)26-23(31-22)16-25(38-26)28(37)35-13-12-34(17-30(35,6)7)27(36)24-14-19(2)32-33-24/h8-11,14-16H,12-13,17H2,1-7H3,(H,32,33). The van der Waals surface area contributed by atoms with Crippen LogP contribution in [0.3, 0.4) is 0 Å². The van der Waals surface area contributed by atoms with Crippen molar-refractivity contribution in [3.05, 3.63) is 70.7 Å². The van der Waals surface area contributed by atoms with Crippen LogP contribution in [-0.4, -0.2) is 62.0 Å². The zero-order chi connectivity index (χ0) is 27.4. The Bertz CT molecular complexity index is 1520. The fourth-order valence-corrected chi connectivity index (χ4v) is 5.10. The molecule has 5 rings (SSSR count). The first-order chi connectivity index (χ1) is 17.8. The van der Waals surface area contributed by atoms with E-state index < -0.39 is 5.54 Å². The Morgan fingerprint density at radius 3 is 2.32 bits per heavy atom. The Morgan fingerprint density at radius 2 is 1.71 bits per heavy atom. The molecular formula is C30H35N5O3. The molecule has 1 aliphatic heterocycles. The van der Waals surface area contributed by atoms with Gasteiger partial charge in [0.1, 0.15) is 11.2 Å². The van der Waals surface area contributed by atoms with Gasteiger partial charge in [-0.25, -0.2) is 4.98 Å². The number of pyridine rings is 1. The Kier molecular flexibility index (Phi) is 6.16. The molecule has 1 saturated heterocycles. The molecule has 0 spiro atoms. The summed E-state index contributed by atoms with van der Waals surface area (Å²) in [5, 5.41) is 6.87. The van der Waals surface area contributed by atoms with Crippen molar-refractivity contribution in [1.82, 2.24) is 25.0 Å². The maximum absolute atomic E-state index is 13.8. The number of hydrogen-bond donors (Lipinski definition) is 1. The largest absolute Gasteiger partial charge is 0.449 e. The third-order valence-corrected chi connectivity index (χ3v) is 7.22. The van der Waals surface area contributed by atoms with Crippen LogP contribution in [0.1, 0.15) is 72.5 Å². The number of amides is 2. The maximum atomic E-state index is 13.8. The third-order valence-electron chi connectivity index (χ3n) is 7.22. The van der Waals surface area contributed by atoms with E-state index in [0.717, 1.165) is 22.5 Å². The van der Waals surface area contributed by atoms with E-state index in [2.05, 4.69) is 68.2 Å². The number of nitrogens with zero attached hydrogens (tertiary/aromatic N) is 4. The van der Waals surface area contributed by atoms with Crippen molar-refractivity contribution >= 4 is 22.9 Å². The first kappa shape index (κ1) is 25.7. The normalized spacial score (nSPS) is 15.8. The molecule has 198 valence electrons. The number of benzene rings is 1. The Hall–Kier alpha value is -3.94. The summed E-state index contributed by atoms with van der Waals surface area (Å²) in [4.78, 5) is 35.2. The number of hydrogen-bond acceptors (Lipinski definition) is 5. The number of piperazine rings is 1. The van der Waals surface area contributed by atoms with E-state index in [9.17, 15) is 9.59 Å². The fraction of sp³-hybridized carbons (Fsp3) is 0.400. The van der Waals surface area contributed by atoms with Crippen molar-refractivity contribution in [2.45, 2.75) is 59.4 Å². The van der Waals surface area contributed by atoms with Crippen molar-refractivity contribution in [1.29, 1.82) is 0 Å². The second-order valence-electron chi connectivity index (χ2n) is 11.9. The van der Waals surface area contributed by atoms with Crippen LogP contribution in [0.2, 0.25) is 0 Å². The molecule has 4 aromatic rings. The number of aromatic amines is 1. The van der Waals surface area contributed by atoms with Crippen molar-refractivity contribution < 1.29 is 14.0 Å². The second-order valence-corrected chi connectivity index (χ2v) is 11.9. The van der Waals surface area contributed by atoms with Gasteiger partial charge in [-0.3, -0.25) is 14.7 Å². The van der Waals surface area contributed by atoms with Crippen LogP contribution in [-0.2, 0) is 5.41 Å². The highest BCUT2D eigenvalue weighted by molar-refractivity contribution is 5.97. The number of fused-ring (bicyclic) bond motifs is 1. The number of aromatic nitrogens is 3. The highest BCUT2D eigenvalue weighted by Crippen LogP contribution is 2.35. The first-order valence-corrected chi connectivity index (χ1v) is 13.0. The first-order valence-electron chi connectivity index (χ1n) is 13.0. The van der Waals surface area contributed by atoms with Gasteiger partial charge in [0.05, 0.1) is 16.9 Å². The van der Waals surface area contributed by atoms with Gasteiger partial charge in [0.2, 0.25) is 0 Å². The molecular weight excluding hydrogens is 478 g/mol. The zero-order valence-corrected chi connectivity index (χ0v) is 23.2. The van der Waals surface area contributed by atoms with Gasteiger partial charge in [-0.15, -0.1) is 0 Å². The second kappa shape index (κ2) is 9.11. The third kappa shape index (κ3) is 4.71. The lowest BCUT2D eigenvalue weighted by molar-refractivity contribution is 0.0148. The molecule has 1 aromatic carbocycles. The average molecular weight is 514 g/mol. The molecule has 0 bridgehead atoms. The SMILES string of the molecule is Cc1ccc(-c2cc(C(C)(C)C)c3oc(C(=O)N4CCN(C(=O)c5cc(C)n[nH]5)CC4(C)C)cc3n2)cc1. The summed E-state index contributed by atoms with van der Waals surface area (Å²) in [6.07, 6.45) is 0. The summed E-state index contributed by atoms with van der Waals surface area (Å²) >= 11 is 0. The Balaban J connectivity index is 1.46. The van der Waals surface area contributed by atoms with E-state index in [1.807, 2.05) is 20.8 Å². The molecule has 1 N–H and O–H groups in total. The van der Waals surface area contributed by atoms with Gasteiger partial charge in [-0.05, 0) is 45.2 Å². The van der Waals surface area contributed by atoms with Gasteiger partial charge >= 0.3 is 0 Å². The van der Waals surface area contributed by atoms with Gasteiger partial charge in [0.15, 0.2) is 11.3 Å². The molecule has 1 aliphatic rings. The van der Waals surface area contributed by atoms with Crippen LogP contribution in [0.15, 0.2) is 46.9 Å². The van der Waals surface area contributed by atoms with Crippen LogP contribution in [0.25, 0.3) is 22.4 Å². The topological polar surface area (TPSA) is 95.3 Å². The molecule has 8 heteroatoms. The van der Waals surface area contributed by atoms with Crippen LogP contribution in [0, 0.1) is 13.8 Å². The minimum absolute atomic E-state index is 0.114. The number of carbonyl (C=O) groups is 2. The molecule has 8 nitrogen and oxygen atoms in total. The van der Waals surface area contributed by atoms with Gasteiger partial charge in [0, 0.05) is 36.8 Å². The Labute approximate surface area is 223 Å². The maximum Gasteiger partial charge on any atom is 0.290 e. The molecule has 1 fully saturated rings. The lowest BCUT2D eigenvalue weighted by atomic mass is 9.86.